The summed E-state index contributed by atoms with van der Waals surface area (Å²) in [6.07, 6.45) is 1.63. The molecule has 1 aliphatic heterocycles. The van der Waals surface area contributed by atoms with E-state index >= 15 is 4.39 Å². The summed E-state index contributed by atoms with van der Waals surface area (Å²) < 4.78 is 36.9. The first-order valence-corrected chi connectivity index (χ1v) is 11.2. The van der Waals surface area contributed by atoms with Crippen LogP contribution in [0.15, 0.2) is 42.6 Å². The molecule has 0 atom stereocenters. The SMILES string of the molecule is [2H]C([2H])([2H])NC(=O)c1ccc(N2CCN(Cc3ccc4c(c3F)CC(=O)c3cccnc3-4)CC2)c(Cl)n1. The molecule has 0 bridgehead atoms. The summed E-state index contributed by atoms with van der Waals surface area (Å²) in [4.78, 5) is 37.1. The van der Waals surface area contributed by atoms with Gasteiger partial charge in [-0.1, -0.05) is 23.7 Å². The van der Waals surface area contributed by atoms with Crippen LogP contribution < -0.4 is 10.2 Å². The van der Waals surface area contributed by atoms with Gasteiger partial charge in [0, 0.05) is 78.7 Å². The van der Waals surface area contributed by atoms with E-state index in [0.717, 1.165) is 0 Å². The van der Waals surface area contributed by atoms with Crippen molar-refractivity contribution >= 4 is 29.0 Å². The molecule has 2 aromatic heterocycles. The summed E-state index contributed by atoms with van der Waals surface area (Å²) in [6.45, 7) is 0.259. The summed E-state index contributed by atoms with van der Waals surface area (Å²) in [6, 6.07) is 10.1. The highest BCUT2D eigenvalue weighted by Crippen LogP contribution is 2.35. The number of carbonyl (C=O) groups is 2. The highest BCUT2D eigenvalue weighted by molar-refractivity contribution is 6.32. The van der Waals surface area contributed by atoms with Gasteiger partial charge in [0.15, 0.2) is 10.9 Å². The van der Waals surface area contributed by atoms with Crippen LogP contribution in [0.25, 0.3) is 11.3 Å². The van der Waals surface area contributed by atoms with E-state index < -0.39 is 12.9 Å². The molecule has 0 spiro atoms. The van der Waals surface area contributed by atoms with Crippen LogP contribution in [0.1, 0.15) is 36.1 Å². The zero-order valence-corrected chi connectivity index (χ0v) is 18.9. The number of amides is 1. The van der Waals surface area contributed by atoms with Crippen LogP contribution in [0, 0.1) is 5.82 Å². The minimum Gasteiger partial charge on any atom is -0.366 e. The van der Waals surface area contributed by atoms with Gasteiger partial charge in [-0.3, -0.25) is 19.5 Å². The Balaban J connectivity index is 1.25. The minimum atomic E-state index is -2.62. The number of benzene rings is 1. The van der Waals surface area contributed by atoms with E-state index in [0.29, 0.717) is 66.4 Å². The van der Waals surface area contributed by atoms with Crippen molar-refractivity contribution in [2.24, 2.45) is 0 Å². The summed E-state index contributed by atoms with van der Waals surface area (Å²) >= 11 is 6.31. The van der Waals surface area contributed by atoms with E-state index in [1.54, 1.807) is 30.5 Å². The van der Waals surface area contributed by atoms with Crippen molar-refractivity contribution < 1.29 is 18.1 Å². The van der Waals surface area contributed by atoms with Gasteiger partial charge in [-0.05, 0) is 24.3 Å². The highest BCUT2D eigenvalue weighted by Gasteiger charge is 2.28. The number of hydrogen-bond acceptors (Lipinski definition) is 6. The van der Waals surface area contributed by atoms with Crippen LogP contribution in [0.2, 0.25) is 5.15 Å². The molecule has 5 rings (SSSR count). The van der Waals surface area contributed by atoms with Gasteiger partial charge in [-0.15, -0.1) is 0 Å². The number of anilines is 1. The molecular formula is C25H23ClFN5O2. The number of nitrogens with one attached hydrogen (secondary N) is 1. The second-order valence-electron chi connectivity index (χ2n) is 8.29. The standard InChI is InChI=1S/C25H23ClFN5O2/c1-28-25(34)19-6-7-20(24(26)30-19)32-11-9-31(10-12-32)14-15-4-5-16-18(22(15)27)13-21(33)17-3-2-8-29-23(16)17/h2-8H,9-14H2,1H3,(H,28,34)/i1D3. The van der Waals surface area contributed by atoms with Crippen molar-refractivity contribution in [1.82, 2.24) is 20.2 Å². The van der Waals surface area contributed by atoms with E-state index in [9.17, 15) is 9.59 Å². The maximum atomic E-state index is 15.5. The zero-order chi connectivity index (χ0) is 26.3. The van der Waals surface area contributed by atoms with Crippen LogP contribution in [0.4, 0.5) is 10.1 Å². The molecule has 9 heteroatoms. The largest absolute Gasteiger partial charge is 0.366 e. The molecule has 2 aliphatic rings. The summed E-state index contributed by atoms with van der Waals surface area (Å²) in [5.41, 5.74) is 3.20. The Hall–Kier alpha value is -3.36. The van der Waals surface area contributed by atoms with Crippen molar-refractivity contribution in [2.75, 3.05) is 38.1 Å². The third-order valence-electron chi connectivity index (χ3n) is 6.31. The van der Waals surface area contributed by atoms with Gasteiger partial charge in [0.1, 0.15) is 11.5 Å². The second-order valence-corrected chi connectivity index (χ2v) is 8.65. The first-order valence-electron chi connectivity index (χ1n) is 12.4. The third kappa shape index (κ3) is 4.03. The Morgan fingerprint density at radius 2 is 2.00 bits per heavy atom. The zero-order valence-electron chi connectivity index (χ0n) is 21.1. The lowest BCUT2D eigenvalue weighted by molar-refractivity contribution is 0.0956. The maximum absolute atomic E-state index is 15.5. The number of halogens is 2. The average Bonchev–Trinajstić information content (AvgIpc) is 2.86. The number of rotatable bonds is 4. The van der Waals surface area contributed by atoms with Crippen molar-refractivity contribution in [2.45, 2.75) is 13.0 Å². The molecule has 1 N–H and O–H groups in total. The van der Waals surface area contributed by atoms with Gasteiger partial charge >= 0.3 is 0 Å². The van der Waals surface area contributed by atoms with E-state index in [2.05, 4.69) is 14.9 Å². The fraction of sp³-hybridized carbons (Fsp3) is 0.280. The molecule has 3 heterocycles. The monoisotopic (exact) mass is 482 g/mol. The maximum Gasteiger partial charge on any atom is 0.269 e. The fourth-order valence-electron chi connectivity index (χ4n) is 4.53. The van der Waals surface area contributed by atoms with E-state index in [-0.39, 0.29) is 28.9 Å². The number of piperazine rings is 1. The first-order chi connectivity index (χ1) is 17.6. The fourth-order valence-corrected chi connectivity index (χ4v) is 4.80. The summed E-state index contributed by atoms with van der Waals surface area (Å²) in [5.74, 6) is -1.32. The minimum absolute atomic E-state index is 0.0212. The molecule has 1 amide bonds. The Bertz CT molecular complexity index is 1390. The predicted molar refractivity (Wildman–Crippen MR) is 128 cm³/mol. The number of Topliss-reactive ketones (excluding diaryl/α,β-unsaturated/α-hetero) is 1. The molecule has 1 fully saturated rings. The number of nitrogens with zero attached hydrogens (tertiary/aromatic N) is 4. The molecule has 0 unspecified atom stereocenters. The lowest BCUT2D eigenvalue weighted by Gasteiger charge is -2.36. The van der Waals surface area contributed by atoms with Gasteiger partial charge in [0.25, 0.3) is 5.91 Å². The van der Waals surface area contributed by atoms with Crippen LogP contribution in [-0.2, 0) is 13.0 Å². The van der Waals surface area contributed by atoms with E-state index in [4.69, 9.17) is 15.7 Å². The number of hydrogen-bond donors (Lipinski definition) is 1. The highest BCUT2D eigenvalue weighted by atomic mass is 35.5. The average molecular weight is 483 g/mol. The lowest BCUT2D eigenvalue weighted by Crippen LogP contribution is -2.46. The number of fused-ring (bicyclic) bond motifs is 3. The molecule has 0 saturated carbocycles. The van der Waals surface area contributed by atoms with Gasteiger partial charge in [-0.25, -0.2) is 9.37 Å². The van der Waals surface area contributed by atoms with E-state index in [1.807, 2.05) is 16.3 Å². The van der Waals surface area contributed by atoms with Gasteiger partial charge in [0.2, 0.25) is 0 Å². The normalized spacial score (nSPS) is 17.3. The topological polar surface area (TPSA) is 78.4 Å². The summed E-state index contributed by atoms with van der Waals surface area (Å²) in [5, 5.41) is 1.99. The Kier molecular flexibility index (Phi) is 5.09. The Labute approximate surface area is 205 Å². The van der Waals surface area contributed by atoms with Crippen LogP contribution in [0.5, 0.6) is 0 Å². The van der Waals surface area contributed by atoms with Crippen LogP contribution >= 0.6 is 11.6 Å². The molecule has 174 valence electrons. The van der Waals surface area contributed by atoms with Gasteiger partial charge < -0.3 is 10.2 Å². The smallest absolute Gasteiger partial charge is 0.269 e. The van der Waals surface area contributed by atoms with Crippen molar-refractivity contribution in [3.05, 3.63) is 75.9 Å². The number of ketones is 1. The quantitative estimate of drug-likeness (QED) is 0.574. The molecule has 1 saturated heterocycles. The number of aromatic nitrogens is 2. The van der Waals surface area contributed by atoms with Gasteiger partial charge in [0.05, 0.1) is 11.4 Å². The molecule has 1 aliphatic carbocycles. The van der Waals surface area contributed by atoms with Gasteiger partial charge in [-0.2, -0.15) is 0 Å². The number of carbonyl (C=O) groups excluding carboxylic acids is 2. The van der Waals surface area contributed by atoms with Crippen LogP contribution in [0.3, 0.4) is 0 Å². The molecule has 34 heavy (non-hydrogen) atoms. The number of pyridine rings is 2. The molecule has 3 aromatic rings. The Morgan fingerprint density at radius 1 is 1.18 bits per heavy atom. The summed E-state index contributed by atoms with van der Waals surface area (Å²) in [7, 11) is 0. The predicted octanol–water partition coefficient (Wildman–Crippen LogP) is 3.36. The molecular weight excluding hydrogens is 457 g/mol. The second kappa shape index (κ2) is 9.12. The van der Waals surface area contributed by atoms with Crippen molar-refractivity contribution in [3.63, 3.8) is 0 Å². The third-order valence-corrected chi connectivity index (χ3v) is 6.58. The van der Waals surface area contributed by atoms with E-state index in [1.165, 1.54) is 6.07 Å². The van der Waals surface area contributed by atoms with Crippen molar-refractivity contribution in [3.8, 4) is 11.3 Å². The van der Waals surface area contributed by atoms with Crippen LogP contribution in [-0.4, -0.2) is 59.7 Å². The Morgan fingerprint density at radius 3 is 2.76 bits per heavy atom. The lowest BCUT2D eigenvalue weighted by atomic mass is 9.86. The molecule has 0 radical (unpaired) electrons. The molecule has 1 aromatic carbocycles. The first kappa shape index (κ1) is 19.0. The molecule has 7 nitrogen and oxygen atoms in total. The van der Waals surface area contributed by atoms with Crippen molar-refractivity contribution in [1.29, 1.82) is 0 Å².